The summed E-state index contributed by atoms with van der Waals surface area (Å²) in [5.74, 6) is -6.11. The number of nitrogens with one attached hydrogen (secondary N) is 1. The molecule has 4 atom stereocenters. The molecule has 3 aliphatic rings. The van der Waals surface area contributed by atoms with E-state index in [1.165, 1.54) is 17.2 Å². The van der Waals surface area contributed by atoms with Gasteiger partial charge in [0, 0.05) is 37.0 Å². The van der Waals surface area contributed by atoms with E-state index in [-0.39, 0.29) is 31.3 Å². The van der Waals surface area contributed by atoms with E-state index in [0.717, 1.165) is 6.07 Å². The second-order valence-electron chi connectivity index (χ2n) is 11.3. The number of carbonyl (C=O) groups excluding carboxylic acids is 3. The summed E-state index contributed by atoms with van der Waals surface area (Å²) in [6.45, 7) is 2.63. The second-order valence-corrected chi connectivity index (χ2v) is 11.3. The van der Waals surface area contributed by atoms with Crippen molar-refractivity contribution in [3.63, 3.8) is 0 Å². The Bertz CT molecular complexity index is 1580. The Labute approximate surface area is 252 Å². The smallest absolute Gasteiger partial charge is 0.262 e. The van der Waals surface area contributed by atoms with E-state index >= 15 is 0 Å². The summed E-state index contributed by atoms with van der Waals surface area (Å²) >= 11 is 0. The van der Waals surface area contributed by atoms with Crippen molar-refractivity contribution in [2.45, 2.75) is 57.1 Å². The number of rotatable bonds is 8. The largest absolute Gasteiger partial charge is 0.468 e. The summed E-state index contributed by atoms with van der Waals surface area (Å²) in [5.41, 5.74) is 0.192. The summed E-state index contributed by atoms with van der Waals surface area (Å²) in [6.07, 6.45) is 3.06. The minimum absolute atomic E-state index is 0.00521. The van der Waals surface area contributed by atoms with Crippen LogP contribution in [0.3, 0.4) is 0 Å². The SMILES string of the molecule is C[C@H]1CCN(Cc2ccco2)[C@@H]2CN3C=C(C(=O)NCc4ccc(F)cc4F)C(=O)C(O)(OCc4ccccc4)C3C(=O)N12. The van der Waals surface area contributed by atoms with Crippen LogP contribution in [0.25, 0.3) is 0 Å². The maximum Gasteiger partial charge on any atom is 0.262 e. The molecule has 2 N–H and O–H groups in total. The molecule has 1 aromatic heterocycles. The average molecular weight is 607 g/mol. The third-order valence-corrected chi connectivity index (χ3v) is 8.42. The summed E-state index contributed by atoms with van der Waals surface area (Å²) in [5, 5.41) is 14.5. The van der Waals surface area contributed by atoms with E-state index in [2.05, 4.69) is 10.2 Å². The van der Waals surface area contributed by atoms with Crippen LogP contribution in [0.15, 0.2) is 83.1 Å². The molecule has 0 bridgehead atoms. The van der Waals surface area contributed by atoms with Gasteiger partial charge in [-0.1, -0.05) is 36.4 Å². The van der Waals surface area contributed by atoms with Crippen LogP contribution in [0.4, 0.5) is 8.78 Å². The number of amides is 2. The van der Waals surface area contributed by atoms with E-state index in [4.69, 9.17) is 9.15 Å². The van der Waals surface area contributed by atoms with Crippen LogP contribution in [0.1, 0.15) is 30.2 Å². The number of piperazine rings is 1. The highest BCUT2D eigenvalue weighted by Gasteiger charge is 2.61. The number of hydrogen-bond acceptors (Lipinski definition) is 8. The molecule has 12 heteroatoms. The molecular formula is C32H32F2N4O6. The van der Waals surface area contributed by atoms with Crippen molar-refractivity contribution in [2.75, 3.05) is 13.1 Å². The van der Waals surface area contributed by atoms with E-state index in [1.807, 2.05) is 13.0 Å². The van der Waals surface area contributed by atoms with Crippen LogP contribution in [-0.4, -0.2) is 74.5 Å². The van der Waals surface area contributed by atoms with Gasteiger partial charge in [-0.05, 0) is 37.1 Å². The number of ether oxygens (including phenoxy) is 1. The fourth-order valence-electron chi connectivity index (χ4n) is 6.11. The zero-order valence-electron chi connectivity index (χ0n) is 24.0. The van der Waals surface area contributed by atoms with Gasteiger partial charge in [-0.25, -0.2) is 8.78 Å². The molecular weight excluding hydrogens is 574 g/mol. The molecule has 2 fully saturated rings. The second kappa shape index (κ2) is 11.9. The predicted molar refractivity (Wildman–Crippen MR) is 152 cm³/mol. The van der Waals surface area contributed by atoms with Gasteiger partial charge < -0.3 is 29.4 Å². The van der Waals surface area contributed by atoms with Crippen molar-refractivity contribution < 1.29 is 37.4 Å². The summed E-state index contributed by atoms with van der Waals surface area (Å²) in [4.78, 5) is 46.7. The van der Waals surface area contributed by atoms with Gasteiger partial charge in [0.25, 0.3) is 17.6 Å². The number of hydrogen-bond donors (Lipinski definition) is 2. The Morgan fingerprint density at radius 2 is 1.93 bits per heavy atom. The molecule has 3 aromatic rings. The van der Waals surface area contributed by atoms with Gasteiger partial charge in [0.05, 0.1) is 26.0 Å². The number of carbonyl (C=O) groups is 3. The molecule has 4 heterocycles. The third-order valence-electron chi connectivity index (χ3n) is 8.42. The van der Waals surface area contributed by atoms with Gasteiger partial charge in [-0.2, -0.15) is 0 Å². The predicted octanol–water partition coefficient (Wildman–Crippen LogP) is 2.68. The van der Waals surface area contributed by atoms with Gasteiger partial charge >= 0.3 is 0 Å². The topological polar surface area (TPSA) is 116 Å². The quantitative estimate of drug-likeness (QED) is 0.297. The van der Waals surface area contributed by atoms with Gasteiger partial charge in [0.15, 0.2) is 6.04 Å². The molecule has 3 aliphatic heterocycles. The monoisotopic (exact) mass is 606 g/mol. The van der Waals surface area contributed by atoms with Gasteiger partial charge in [0.1, 0.15) is 29.1 Å². The molecule has 2 saturated heterocycles. The fraction of sp³-hybridized carbons (Fsp3) is 0.344. The van der Waals surface area contributed by atoms with Crippen molar-refractivity contribution in [2.24, 2.45) is 0 Å². The van der Waals surface area contributed by atoms with E-state index in [1.54, 1.807) is 47.6 Å². The van der Waals surface area contributed by atoms with Crippen molar-refractivity contribution >= 4 is 17.6 Å². The molecule has 0 saturated carbocycles. The number of benzene rings is 2. The molecule has 2 unspecified atom stereocenters. The lowest BCUT2D eigenvalue weighted by Crippen LogP contribution is -2.76. The number of halogens is 2. The fourth-order valence-corrected chi connectivity index (χ4v) is 6.11. The van der Waals surface area contributed by atoms with Crippen molar-refractivity contribution in [3.8, 4) is 0 Å². The van der Waals surface area contributed by atoms with Crippen molar-refractivity contribution in [1.82, 2.24) is 20.0 Å². The van der Waals surface area contributed by atoms with Crippen LogP contribution >= 0.6 is 0 Å². The Morgan fingerprint density at radius 3 is 2.66 bits per heavy atom. The summed E-state index contributed by atoms with van der Waals surface area (Å²) in [6, 6.07) is 13.8. The number of Topliss-reactive ketones (excluding diaryl/α,β-unsaturated/α-hetero) is 1. The number of furan rings is 1. The first-order chi connectivity index (χ1) is 21.2. The average Bonchev–Trinajstić information content (AvgIpc) is 3.52. The summed E-state index contributed by atoms with van der Waals surface area (Å²) in [7, 11) is 0. The Balaban J connectivity index is 1.33. The highest BCUT2D eigenvalue weighted by Crippen LogP contribution is 2.38. The number of ketones is 1. The first kappa shape index (κ1) is 29.7. The molecule has 2 amide bonds. The Kier molecular flexibility index (Phi) is 8.06. The van der Waals surface area contributed by atoms with Crippen molar-refractivity contribution in [1.29, 1.82) is 0 Å². The lowest BCUT2D eigenvalue weighted by Gasteiger charge is -2.57. The Hall–Kier alpha value is -4.39. The maximum atomic E-state index is 14.2. The van der Waals surface area contributed by atoms with Crippen LogP contribution < -0.4 is 5.32 Å². The van der Waals surface area contributed by atoms with Crippen LogP contribution in [0, 0.1) is 11.6 Å². The zero-order chi connectivity index (χ0) is 31.0. The number of aliphatic hydroxyl groups is 1. The molecule has 44 heavy (non-hydrogen) atoms. The van der Waals surface area contributed by atoms with Gasteiger partial charge in [-0.3, -0.25) is 19.3 Å². The van der Waals surface area contributed by atoms with E-state index in [0.29, 0.717) is 36.9 Å². The molecule has 0 spiro atoms. The highest BCUT2D eigenvalue weighted by atomic mass is 19.1. The molecule has 0 radical (unpaired) electrons. The molecule has 10 nitrogen and oxygen atoms in total. The third kappa shape index (κ3) is 5.51. The molecule has 0 aliphatic carbocycles. The van der Waals surface area contributed by atoms with Crippen LogP contribution in [-0.2, 0) is 38.8 Å². The zero-order valence-corrected chi connectivity index (χ0v) is 24.0. The van der Waals surface area contributed by atoms with E-state index < -0.39 is 52.8 Å². The number of nitrogens with zero attached hydrogens (tertiary/aromatic N) is 3. The number of fused-ring (bicyclic) bond motifs is 2. The van der Waals surface area contributed by atoms with E-state index in [9.17, 15) is 28.3 Å². The molecule has 2 aromatic carbocycles. The first-order valence-electron chi connectivity index (χ1n) is 14.4. The first-order valence-corrected chi connectivity index (χ1v) is 14.4. The van der Waals surface area contributed by atoms with Gasteiger partial charge in [-0.15, -0.1) is 0 Å². The highest BCUT2D eigenvalue weighted by molar-refractivity contribution is 6.23. The Morgan fingerprint density at radius 1 is 1.14 bits per heavy atom. The normalized spacial score (nSPS) is 25.4. The maximum absolute atomic E-state index is 14.2. The summed E-state index contributed by atoms with van der Waals surface area (Å²) < 4.78 is 39.0. The minimum atomic E-state index is -2.70. The standard InChI is InChI=1S/C32H32F2N4O6/c1-20-11-12-36(16-24-8-5-13-43-24)27-18-37-17-25(30(40)35-15-22-9-10-23(33)14-26(22)34)29(39)32(42,28(37)31(41)38(20)27)44-19-21-6-3-2-4-7-21/h2-10,13-14,17,20,27-28,42H,11-12,15-16,18-19H2,1H3,(H,35,40)/t20-,27-,28?,32?/m0/s1. The van der Waals surface area contributed by atoms with Crippen molar-refractivity contribution in [3.05, 3.63) is 107 Å². The van der Waals surface area contributed by atoms with Crippen LogP contribution in [0.5, 0.6) is 0 Å². The lowest BCUT2D eigenvalue weighted by molar-refractivity contribution is -0.245. The minimum Gasteiger partial charge on any atom is -0.468 e. The van der Waals surface area contributed by atoms with Gasteiger partial charge in [0.2, 0.25) is 5.78 Å². The molecule has 6 rings (SSSR count). The molecule has 230 valence electrons. The van der Waals surface area contributed by atoms with Crippen LogP contribution in [0.2, 0.25) is 0 Å². The lowest BCUT2D eigenvalue weighted by atomic mass is 9.86.